The number of furan rings is 1. The second kappa shape index (κ2) is 5.32. The first-order chi connectivity index (χ1) is 8.90. The summed E-state index contributed by atoms with van der Waals surface area (Å²) in [5.74, 6) is -1.47. The molecular weight excluding hydrogens is 274 g/mol. The average Bonchev–Trinajstić information content (AvgIpc) is 2.95. The minimum absolute atomic E-state index is 0.0626. The molecule has 1 aliphatic heterocycles. The molecule has 1 unspecified atom stereocenters. The normalized spacial score (nSPS) is 19.7. The van der Waals surface area contributed by atoms with E-state index in [1.165, 1.54) is 6.92 Å². The third kappa shape index (κ3) is 3.14. The van der Waals surface area contributed by atoms with E-state index in [1.54, 1.807) is 0 Å². The van der Waals surface area contributed by atoms with Gasteiger partial charge in [0.05, 0.1) is 6.61 Å². The molecule has 1 aliphatic rings. The van der Waals surface area contributed by atoms with Gasteiger partial charge in [-0.1, -0.05) is 0 Å². The second-order valence-corrected chi connectivity index (χ2v) is 6.15. The number of carboxylic acid groups (broad SMARTS) is 1. The van der Waals surface area contributed by atoms with Gasteiger partial charge in [0.25, 0.3) is 0 Å². The van der Waals surface area contributed by atoms with Crippen LogP contribution in [0.1, 0.15) is 22.7 Å². The third-order valence-corrected chi connectivity index (χ3v) is 4.49. The van der Waals surface area contributed by atoms with E-state index in [0.29, 0.717) is 13.2 Å². The Morgan fingerprint density at radius 3 is 2.84 bits per heavy atom. The Bertz CT molecular complexity index is 570. The molecule has 0 aromatic carbocycles. The lowest BCUT2D eigenvalue weighted by molar-refractivity contribution is 0.0661. The van der Waals surface area contributed by atoms with Crippen molar-refractivity contribution in [3.05, 3.63) is 17.6 Å². The number of carboxylic acids is 1. The van der Waals surface area contributed by atoms with Crippen LogP contribution in [0.4, 0.5) is 0 Å². The zero-order chi connectivity index (χ0) is 14.0. The Hall–Kier alpha value is -1.38. The summed E-state index contributed by atoms with van der Waals surface area (Å²) in [6.07, 6.45) is 0.813. The first kappa shape index (κ1) is 14.0. The van der Waals surface area contributed by atoms with Crippen molar-refractivity contribution in [2.24, 2.45) is 5.92 Å². The van der Waals surface area contributed by atoms with Gasteiger partial charge in [0.1, 0.15) is 10.7 Å². The smallest absolute Gasteiger partial charge is 0.371 e. The van der Waals surface area contributed by atoms with Gasteiger partial charge in [0.2, 0.25) is 15.8 Å². The Morgan fingerprint density at radius 1 is 1.58 bits per heavy atom. The highest BCUT2D eigenvalue weighted by Crippen LogP contribution is 2.20. The largest absolute Gasteiger partial charge is 0.475 e. The molecule has 2 rings (SSSR count). The molecule has 0 aliphatic carbocycles. The fraction of sp³-hybridized carbons (Fsp3) is 0.545. The number of rotatable bonds is 5. The van der Waals surface area contributed by atoms with E-state index >= 15 is 0 Å². The van der Waals surface area contributed by atoms with Crippen LogP contribution in [-0.2, 0) is 14.8 Å². The molecular formula is C11H15NO6S. The fourth-order valence-electron chi connectivity index (χ4n) is 1.89. The molecule has 8 heteroatoms. The maximum atomic E-state index is 12.0. The van der Waals surface area contributed by atoms with Gasteiger partial charge < -0.3 is 14.3 Å². The summed E-state index contributed by atoms with van der Waals surface area (Å²) in [6.45, 7) is 2.86. The van der Waals surface area contributed by atoms with Gasteiger partial charge >= 0.3 is 5.97 Å². The molecule has 0 amide bonds. The number of ether oxygens (including phenoxy) is 1. The lowest BCUT2D eigenvalue weighted by Crippen LogP contribution is -2.29. The zero-order valence-corrected chi connectivity index (χ0v) is 11.2. The first-order valence-electron chi connectivity index (χ1n) is 5.81. The molecule has 0 spiro atoms. The minimum atomic E-state index is -3.75. The maximum Gasteiger partial charge on any atom is 0.371 e. The number of nitrogens with one attached hydrogen (secondary N) is 1. The molecule has 106 valence electrons. The summed E-state index contributed by atoms with van der Waals surface area (Å²) in [4.78, 5) is 10.6. The van der Waals surface area contributed by atoms with Crippen molar-refractivity contribution < 1.29 is 27.5 Å². The summed E-state index contributed by atoms with van der Waals surface area (Å²) in [5.41, 5.74) is 0. The molecule has 2 heterocycles. The van der Waals surface area contributed by atoms with Gasteiger partial charge in [-0.05, 0) is 19.3 Å². The van der Waals surface area contributed by atoms with E-state index in [9.17, 15) is 13.2 Å². The van der Waals surface area contributed by atoms with Gasteiger partial charge in [-0.25, -0.2) is 17.9 Å². The van der Waals surface area contributed by atoms with Crippen molar-refractivity contribution in [2.75, 3.05) is 19.8 Å². The molecule has 0 radical (unpaired) electrons. The molecule has 1 aromatic rings. The van der Waals surface area contributed by atoms with E-state index in [4.69, 9.17) is 14.3 Å². The van der Waals surface area contributed by atoms with Crippen LogP contribution in [0.3, 0.4) is 0 Å². The summed E-state index contributed by atoms with van der Waals surface area (Å²) in [5, 5.41) is 8.77. The van der Waals surface area contributed by atoms with Crippen LogP contribution in [0.5, 0.6) is 0 Å². The van der Waals surface area contributed by atoms with E-state index in [2.05, 4.69) is 4.72 Å². The van der Waals surface area contributed by atoms with Crippen molar-refractivity contribution in [2.45, 2.75) is 18.2 Å². The van der Waals surface area contributed by atoms with Crippen molar-refractivity contribution >= 4 is 16.0 Å². The first-order valence-corrected chi connectivity index (χ1v) is 7.29. The lowest BCUT2D eigenvalue weighted by atomic mass is 10.1. The van der Waals surface area contributed by atoms with Crippen LogP contribution in [0.2, 0.25) is 0 Å². The molecule has 1 saturated heterocycles. The topological polar surface area (TPSA) is 106 Å². The zero-order valence-electron chi connectivity index (χ0n) is 10.4. The standard InChI is InChI=1S/C11H15NO6S/c1-7-10(4-9(18-7)11(13)14)19(15,16)12-5-8-2-3-17-6-8/h4,8,12H,2-3,5-6H2,1H3,(H,13,14). The molecule has 2 N–H and O–H groups in total. The van der Waals surface area contributed by atoms with Gasteiger partial charge in [-0.15, -0.1) is 0 Å². The van der Waals surface area contributed by atoms with Crippen LogP contribution in [0.15, 0.2) is 15.4 Å². The van der Waals surface area contributed by atoms with E-state index in [0.717, 1.165) is 12.5 Å². The van der Waals surface area contributed by atoms with Gasteiger partial charge in [-0.3, -0.25) is 0 Å². The predicted octanol–water partition coefficient (Wildman–Crippen LogP) is 0.601. The number of hydrogen-bond acceptors (Lipinski definition) is 5. The highest BCUT2D eigenvalue weighted by molar-refractivity contribution is 7.89. The van der Waals surface area contributed by atoms with Crippen molar-refractivity contribution in [3.63, 3.8) is 0 Å². The number of carbonyl (C=O) groups is 1. The SMILES string of the molecule is Cc1oc(C(=O)O)cc1S(=O)(=O)NCC1CCOC1. The quantitative estimate of drug-likeness (QED) is 0.822. The van der Waals surface area contributed by atoms with Crippen molar-refractivity contribution in [3.8, 4) is 0 Å². The van der Waals surface area contributed by atoms with Crippen LogP contribution < -0.4 is 4.72 Å². The summed E-state index contributed by atoms with van der Waals surface area (Å²) in [7, 11) is -3.75. The number of sulfonamides is 1. The van der Waals surface area contributed by atoms with Crippen molar-refractivity contribution in [1.29, 1.82) is 0 Å². The molecule has 0 saturated carbocycles. The second-order valence-electron chi connectivity index (χ2n) is 4.42. The van der Waals surface area contributed by atoms with E-state index < -0.39 is 16.0 Å². The highest BCUT2D eigenvalue weighted by atomic mass is 32.2. The minimum Gasteiger partial charge on any atom is -0.475 e. The molecule has 1 fully saturated rings. The molecule has 1 aromatic heterocycles. The summed E-state index contributed by atoms with van der Waals surface area (Å²) < 4.78 is 36.6. The number of aryl methyl sites for hydroxylation is 1. The monoisotopic (exact) mass is 289 g/mol. The summed E-state index contributed by atoms with van der Waals surface area (Å²) in [6, 6.07) is 1.02. The van der Waals surface area contributed by atoms with Gasteiger partial charge in [-0.2, -0.15) is 0 Å². The highest BCUT2D eigenvalue weighted by Gasteiger charge is 2.25. The molecule has 0 bridgehead atoms. The third-order valence-electron chi connectivity index (χ3n) is 2.96. The van der Waals surface area contributed by atoms with Crippen LogP contribution >= 0.6 is 0 Å². The fourth-order valence-corrected chi connectivity index (χ4v) is 3.18. The Kier molecular flexibility index (Phi) is 3.93. The average molecular weight is 289 g/mol. The van der Waals surface area contributed by atoms with Crippen LogP contribution in [0.25, 0.3) is 0 Å². The molecule has 1 atom stereocenters. The van der Waals surface area contributed by atoms with Gasteiger partial charge in [0, 0.05) is 19.2 Å². The number of aromatic carboxylic acids is 1. The summed E-state index contributed by atoms with van der Waals surface area (Å²) >= 11 is 0. The van der Waals surface area contributed by atoms with E-state index in [1.807, 2.05) is 0 Å². The van der Waals surface area contributed by atoms with Gasteiger partial charge in [0.15, 0.2) is 0 Å². The Balaban J connectivity index is 2.12. The van der Waals surface area contributed by atoms with Crippen LogP contribution in [0, 0.1) is 12.8 Å². The van der Waals surface area contributed by atoms with Crippen molar-refractivity contribution in [1.82, 2.24) is 4.72 Å². The Labute approximate surface area is 110 Å². The maximum absolute atomic E-state index is 12.0. The molecule has 19 heavy (non-hydrogen) atoms. The number of hydrogen-bond donors (Lipinski definition) is 2. The predicted molar refractivity (Wildman–Crippen MR) is 64.5 cm³/mol. The molecule has 7 nitrogen and oxygen atoms in total. The Morgan fingerprint density at radius 2 is 2.32 bits per heavy atom. The lowest BCUT2D eigenvalue weighted by Gasteiger charge is -2.09. The van der Waals surface area contributed by atoms with E-state index in [-0.39, 0.29) is 28.9 Å². The van der Waals surface area contributed by atoms with Crippen LogP contribution in [-0.4, -0.2) is 39.3 Å².